The predicted octanol–water partition coefficient (Wildman–Crippen LogP) is 1.92. The Kier molecular flexibility index (Phi) is 3.61. The molecule has 92 valence electrons. The van der Waals surface area contributed by atoms with Crippen molar-refractivity contribution >= 4 is 11.7 Å². The molecule has 0 N–H and O–H groups in total. The van der Waals surface area contributed by atoms with E-state index in [1.807, 2.05) is 26.0 Å². The molecule has 0 amide bonds. The number of anilines is 1. The van der Waals surface area contributed by atoms with Crippen LogP contribution in [0.5, 0.6) is 0 Å². The van der Waals surface area contributed by atoms with Crippen molar-refractivity contribution in [3.63, 3.8) is 0 Å². The minimum absolute atomic E-state index is 0.158. The summed E-state index contributed by atoms with van der Waals surface area (Å²) in [5, 5.41) is 0. The van der Waals surface area contributed by atoms with Gasteiger partial charge in [0.05, 0.1) is 6.61 Å². The lowest BCUT2D eigenvalue weighted by Gasteiger charge is -2.23. The third-order valence-electron chi connectivity index (χ3n) is 2.80. The smallest absolute Gasteiger partial charge is 0.325 e. The van der Waals surface area contributed by atoms with E-state index in [0.29, 0.717) is 19.2 Å². The van der Waals surface area contributed by atoms with E-state index in [0.717, 1.165) is 24.2 Å². The average molecular weight is 234 g/mol. The maximum absolute atomic E-state index is 11.6. The number of hydrogen-bond donors (Lipinski definition) is 0. The third-order valence-corrected chi connectivity index (χ3v) is 2.80. The van der Waals surface area contributed by atoms with Crippen molar-refractivity contribution < 1.29 is 9.53 Å². The zero-order valence-corrected chi connectivity index (χ0v) is 10.3. The van der Waals surface area contributed by atoms with E-state index in [9.17, 15) is 4.79 Å². The number of rotatable bonds is 5. The summed E-state index contributed by atoms with van der Waals surface area (Å²) in [4.78, 5) is 17.9. The van der Waals surface area contributed by atoms with Gasteiger partial charge < -0.3 is 9.64 Å². The average Bonchev–Trinajstić information content (AvgIpc) is 3.10. The lowest BCUT2D eigenvalue weighted by Crippen LogP contribution is -2.33. The molecule has 0 bridgehead atoms. The van der Waals surface area contributed by atoms with Gasteiger partial charge in [0.25, 0.3) is 0 Å². The Hall–Kier alpha value is -1.58. The van der Waals surface area contributed by atoms with Crippen molar-refractivity contribution in [3.8, 4) is 0 Å². The molecule has 0 atom stereocenters. The molecule has 4 nitrogen and oxygen atoms in total. The van der Waals surface area contributed by atoms with Crippen molar-refractivity contribution in [1.29, 1.82) is 0 Å². The number of ether oxygens (including phenoxy) is 1. The number of carbonyl (C=O) groups excluding carboxylic acids is 1. The Bertz CT molecular complexity index is 402. The Morgan fingerprint density at radius 1 is 1.59 bits per heavy atom. The summed E-state index contributed by atoms with van der Waals surface area (Å²) in [5.41, 5.74) is 2.03. The van der Waals surface area contributed by atoms with Gasteiger partial charge in [-0.2, -0.15) is 0 Å². The molecule has 0 unspecified atom stereocenters. The van der Waals surface area contributed by atoms with Crippen molar-refractivity contribution in [2.45, 2.75) is 32.7 Å². The fourth-order valence-electron chi connectivity index (χ4n) is 1.87. The van der Waals surface area contributed by atoms with Crippen molar-refractivity contribution in [2.75, 3.05) is 18.1 Å². The van der Waals surface area contributed by atoms with E-state index in [1.54, 1.807) is 6.20 Å². The first-order valence-corrected chi connectivity index (χ1v) is 6.05. The Morgan fingerprint density at radius 2 is 2.35 bits per heavy atom. The van der Waals surface area contributed by atoms with Gasteiger partial charge in [-0.1, -0.05) is 0 Å². The standard InChI is InChI=1S/C13H18N2O2/c1-3-17-13(16)9-15(11-4-5-11)12-6-7-14-10(2)8-12/h6-8,11H,3-5,9H2,1-2H3. The van der Waals surface area contributed by atoms with Crippen LogP contribution in [0.2, 0.25) is 0 Å². The lowest BCUT2D eigenvalue weighted by atomic mass is 10.3. The van der Waals surface area contributed by atoms with Crippen LogP contribution in [0.25, 0.3) is 0 Å². The number of carbonyl (C=O) groups is 1. The fourth-order valence-corrected chi connectivity index (χ4v) is 1.87. The van der Waals surface area contributed by atoms with Crippen molar-refractivity contribution in [3.05, 3.63) is 24.0 Å². The summed E-state index contributed by atoms with van der Waals surface area (Å²) >= 11 is 0. The SMILES string of the molecule is CCOC(=O)CN(c1ccnc(C)c1)C1CC1. The molecule has 2 rings (SSSR count). The molecule has 1 fully saturated rings. The quantitative estimate of drug-likeness (QED) is 0.730. The van der Waals surface area contributed by atoms with Gasteiger partial charge in [-0.05, 0) is 38.8 Å². The number of aryl methyl sites for hydroxylation is 1. The Balaban J connectivity index is 2.09. The summed E-state index contributed by atoms with van der Waals surface area (Å²) < 4.78 is 5.01. The van der Waals surface area contributed by atoms with Crippen LogP contribution in [0.1, 0.15) is 25.5 Å². The summed E-state index contributed by atoms with van der Waals surface area (Å²) in [6, 6.07) is 4.45. The number of hydrogen-bond acceptors (Lipinski definition) is 4. The monoisotopic (exact) mass is 234 g/mol. The zero-order chi connectivity index (χ0) is 12.3. The summed E-state index contributed by atoms with van der Waals surface area (Å²) in [5.74, 6) is -0.158. The minimum atomic E-state index is -0.158. The Labute approximate surface area is 102 Å². The van der Waals surface area contributed by atoms with Crippen LogP contribution in [0.15, 0.2) is 18.3 Å². The van der Waals surface area contributed by atoms with Crippen LogP contribution in [0, 0.1) is 6.92 Å². The topological polar surface area (TPSA) is 42.4 Å². The molecule has 0 aromatic carbocycles. The molecule has 0 aliphatic heterocycles. The predicted molar refractivity (Wildman–Crippen MR) is 66.0 cm³/mol. The second kappa shape index (κ2) is 5.17. The first-order valence-electron chi connectivity index (χ1n) is 6.05. The van der Waals surface area contributed by atoms with Gasteiger partial charge in [-0.25, -0.2) is 0 Å². The molecular formula is C13H18N2O2. The highest BCUT2D eigenvalue weighted by molar-refractivity contribution is 5.76. The zero-order valence-electron chi connectivity index (χ0n) is 10.3. The van der Waals surface area contributed by atoms with Crippen LogP contribution in [-0.2, 0) is 9.53 Å². The van der Waals surface area contributed by atoms with E-state index < -0.39 is 0 Å². The van der Waals surface area contributed by atoms with Gasteiger partial charge >= 0.3 is 5.97 Å². The van der Waals surface area contributed by atoms with Gasteiger partial charge in [0.2, 0.25) is 0 Å². The second-order valence-electron chi connectivity index (χ2n) is 4.32. The van der Waals surface area contributed by atoms with Crippen LogP contribution >= 0.6 is 0 Å². The summed E-state index contributed by atoms with van der Waals surface area (Å²) in [7, 11) is 0. The van der Waals surface area contributed by atoms with Gasteiger partial charge in [-0.3, -0.25) is 9.78 Å². The van der Waals surface area contributed by atoms with Gasteiger partial charge in [0.1, 0.15) is 6.54 Å². The molecule has 1 heterocycles. The van der Waals surface area contributed by atoms with Crippen LogP contribution in [0.4, 0.5) is 5.69 Å². The first kappa shape index (κ1) is 11.9. The Morgan fingerprint density at radius 3 is 2.94 bits per heavy atom. The van der Waals surface area contributed by atoms with Crippen molar-refractivity contribution in [1.82, 2.24) is 4.98 Å². The second-order valence-corrected chi connectivity index (χ2v) is 4.32. The molecule has 4 heteroatoms. The van der Waals surface area contributed by atoms with Gasteiger partial charge in [0.15, 0.2) is 0 Å². The number of pyridine rings is 1. The van der Waals surface area contributed by atoms with Crippen LogP contribution in [0.3, 0.4) is 0 Å². The van der Waals surface area contributed by atoms with Crippen LogP contribution < -0.4 is 4.90 Å². The fraction of sp³-hybridized carbons (Fsp3) is 0.538. The highest BCUT2D eigenvalue weighted by Gasteiger charge is 2.31. The maximum Gasteiger partial charge on any atom is 0.325 e. The van der Waals surface area contributed by atoms with Crippen molar-refractivity contribution in [2.24, 2.45) is 0 Å². The molecule has 0 saturated heterocycles. The van der Waals surface area contributed by atoms with E-state index in [2.05, 4.69) is 9.88 Å². The molecule has 17 heavy (non-hydrogen) atoms. The normalized spacial score (nSPS) is 14.5. The minimum Gasteiger partial charge on any atom is -0.465 e. The molecule has 1 aromatic rings. The highest BCUT2D eigenvalue weighted by atomic mass is 16.5. The van der Waals surface area contributed by atoms with Gasteiger partial charge in [0, 0.05) is 23.6 Å². The van der Waals surface area contributed by atoms with E-state index >= 15 is 0 Å². The lowest BCUT2D eigenvalue weighted by molar-refractivity contribution is -0.141. The largest absolute Gasteiger partial charge is 0.465 e. The number of nitrogens with zero attached hydrogens (tertiary/aromatic N) is 2. The third kappa shape index (κ3) is 3.19. The molecule has 1 aliphatic rings. The summed E-state index contributed by atoms with van der Waals surface area (Å²) in [6.07, 6.45) is 4.09. The molecule has 1 aliphatic carbocycles. The first-order chi connectivity index (χ1) is 8.20. The molecular weight excluding hydrogens is 216 g/mol. The van der Waals surface area contributed by atoms with Crippen LogP contribution in [-0.4, -0.2) is 30.1 Å². The van der Waals surface area contributed by atoms with E-state index in [4.69, 9.17) is 4.74 Å². The molecule has 1 aromatic heterocycles. The maximum atomic E-state index is 11.6. The van der Waals surface area contributed by atoms with Gasteiger partial charge in [-0.15, -0.1) is 0 Å². The number of aromatic nitrogens is 1. The van der Waals surface area contributed by atoms with E-state index in [-0.39, 0.29) is 5.97 Å². The molecule has 0 radical (unpaired) electrons. The van der Waals surface area contributed by atoms with E-state index in [1.165, 1.54) is 0 Å². The summed E-state index contributed by atoms with van der Waals surface area (Å²) in [6.45, 7) is 4.56. The highest BCUT2D eigenvalue weighted by Crippen LogP contribution is 2.31. The number of esters is 1. The molecule has 0 spiro atoms. The molecule has 1 saturated carbocycles.